The van der Waals surface area contributed by atoms with E-state index < -0.39 is 9.84 Å². The molecule has 1 aromatic carbocycles. The number of aromatic nitrogens is 2. The van der Waals surface area contributed by atoms with E-state index in [0.717, 1.165) is 20.5 Å². The number of pyridine rings is 1. The molecule has 20 heavy (non-hydrogen) atoms. The first-order chi connectivity index (χ1) is 9.45. The first-order valence-electron chi connectivity index (χ1n) is 5.88. The number of sulfone groups is 1. The van der Waals surface area contributed by atoms with Gasteiger partial charge in [0, 0.05) is 12.5 Å². The van der Waals surface area contributed by atoms with E-state index in [1.165, 1.54) is 6.26 Å². The Balaban J connectivity index is 2.06. The third kappa shape index (κ3) is 2.45. The fraction of sp³-hybridized carbons (Fsp3) is 0.0714. The number of imidazole rings is 1. The van der Waals surface area contributed by atoms with E-state index >= 15 is 0 Å². The summed E-state index contributed by atoms with van der Waals surface area (Å²) in [5.74, 6) is 0. The van der Waals surface area contributed by atoms with Crippen LogP contribution in [-0.2, 0) is 9.84 Å². The van der Waals surface area contributed by atoms with E-state index in [1.807, 2.05) is 41.1 Å². The zero-order chi connectivity index (χ0) is 14.3. The van der Waals surface area contributed by atoms with Gasteiger partial charge in [-0.2, -0.15) is 0 Å². The second-order valence-corrected chi connectivity index (χ2v) is 7.64. The van der Waals surface area contributed by atoms with Gasteiger partial charge >= 0.3 is 0 Å². The largest absolute Gasteiger partial charge is 0.295 e. The summed E-state index contributed by atoms with van der Waals surface area (Å²) in [6, 6.07) is 10.9. The Labute approximate surface area is 130 Å². The van der Waals surface area contributed by atoms with Gasteiger partial charge in [-0.05, 0) is 58.0 Å². The Morgan fingerprint density at radius 3 is 2.45 bits per heavy atom. The van der Waals surface area contributed by atoms with Gasteiger partial charge in [0.25, 0.3) is 0 Å². The van der Waals surface area contributed by atoms with E-state index in [9.17, 15) is 8.42 Å². The fourth-order valence-electron chi connectivity index (χ4n) is 2.02. The molecular formula is C14H11IN2O2S. The Morgan fingerprint density at radius 2 is 1.80 bits per heavy atom. The molecule has 0 atom stereocenters. The van der Waals surface area contributed by atoms with Crippen molar-refractivity contribution in [2.75, 3.05) is 6.26 Å². The van der Waals surface area contributed by atoms with Gasteiger partial charge in [-0.1, -0.05) is 12.1 Å². The van der Waals surface area contributed by atoms with Gasteiger partial charge in [0.1, 0.15) is 9.35 Å². The van der Waals surface area contributed by atoms with E-state index in [-0.39, 0.29) is 0 Å². The quantitative estimate of drug-likeness (QED) is 0.624. The SMILES string of the molecule is CS(=O)(=O)c1ccc(-c2ccn3c(I)cnc3c2)cc1. The fourth-order valence-corrected chi connectivity index (χ4v) is 3.20. The molecule has 102 valence electrons. The maximum Gasteiger partial charge on any atom is 0.175 e. The molecule has 4 nitrogen and oxygen atoms in total. The third-order valence-electron chi connectivity index (χ3n) is 3.08. The Hall–Kier alpha value is -1.41. The van der Waals surface area contributed by atoms with Gasteiger partial charge in [-0.3, -0.25) is 4.40 Å². The smallest absolute Gasteiger partial charge is 0.175 e. The predicted octanol–water partition coefficient (Wildman–Crippen LogP) is 3.01. The zero-order valence-electron chi connectivity index (χ0n) is 10.6. The van der Waals surface area contributed by atoms with Crippen molar-refractivity contribution in [3.8, 4) is 11.1 Å². The average molecular weight is 398 g/mol. The minimum absolute atomic E-state index is 0.331. The van der Waals surface area contributed by atoms with Crippen molar-refractivity contribution in [3.63, 3.8) is 0 Å². The van der Waals surface area contributed by atoms with Crippen LogP contribution < -0.4 is 0 Å². The minimum atomic E-state index is -3.15. The highest BCUT2D eigenvalue weighted by Crippen LogP contribution is 2.23. The lowest BCUT2D eigenvalue weighted by molar-refractivity contribution is 0.602. The van der Waals surface area contributed by atoms with Crippen LogP contribution in [0.25, 0.3) is 16.8 Å². The second kappa shape index (κ2) is 4.85. The molecule has 0 aliphatic carbocycles. The van der Waals surface area contributed by atoms with E-state index in [0.29, 0.717) is 4.90 Å². The van der Waals surface area contributed by atoms with Crippen molar-refractivity contribution in [2.45, 2.75) is 4.90 Å². The van der Waals surface area contributed by atoms with Gasteiger partial charge in [-0.15, -0.1) is 0 Å². The Morgan fingerprint density at radius 1 is 1.10 bits per heavy atom. The van der Waals surface area contributed by atoms with Crippen LogP contribution in [0.5, 0.6) is 0 Å². The monoisotopic (exact) mass is 398 g/mol. The van der Waals surface area contributed by atoms with Crippen molar-refractivity contribution < 1.29 is 8.42 Å². The molecule has 6 heteroatoms. The predicted molar refractivity (Wildman–Crippen MR) is 86.5 cm³/mol. The molecule has 0 spiro atoms. The van der Waals surface area contributed by atoms with Crippen LogP contribution >= 0.6 is 22.6 Å². The lowest BCUT2D eigenvalue weighted by atomic mass is 10.1. The maximum absolute atomic E-state index is 11.4. The highest BCUT2D eigenvalue weighted by Gasteiger charge is 2.08. The van der Waals surface area contributed by atoms with E-state index in [2.05, 4.69) is 27.6 Å². The molecule has 2 heterocycles. The van der Waals surface area contributed by atoms with Crippen molar-refractivity contribution in [1.82, 2.24) is 9.38 Å². The lowest BCUT2D eigenvalue weighted by Gasteiger charge is -2.04. The van der Waals surface area contributed by atoms with Crippen LogP contribution in [0, 0.1) is 3.70 Å². The summed E-state index contributed by atoms with van der Waals surface area (Å²) in [4.78, 5) is 4.65. The van der Waals surface area contributed by atoms with Crippen LogP contribution in [0.15, 0.2) is 53.7 Å². The van der Waals surface area contributed by atoms with Crippen molar-refractivity contribution in [3.05, 3.63) is 52.5 Å². The summed E-state index contributed by atoms with van der Waals surface area (Å²) in [5, 5.41) is 0. The molecule has 3 rings (SSSR count). The molecule has 0 fully saturated rings. The molecule has 0 bridgehead atoms. The van der Waals surface area contributed by atoms with Gasteiger partial charge in [0.2, 0.25) is 0 Å². The van der Waals surface area contributed by atoms with Crippen LogP contribution in [0.2, 0.25) is 0 Å². The van der Waals surface area contributed by atoms with Crippen LogP contribution in [-0.4, -0.2) is 24.1 Å². The standard InChI is InChI=1S/C14H11IN2O2S/c1-20(18,19)12-4-2-10(3-5-12)11-6-7-17-13(15)9-16-14(17)8-11/h2-9H,1H3. The number of hydrogen-bond acceptors (Lipinski definition) is 3. The summed E-state index contributed by atoms with van der Waals surface area (Å²) >= 11 is 2.23. The number of hydrogen-bond donors (Lipinski definition) is 0. The van der Waals surface area contributed by atoms with Crippen LogP contribution in [0.1, 0.15) is 0 Å². The van der Waals surface area contributed by atoms with Gasteiger partial charge in [-0.25, -0.2) is 13.4 Å². The van der Waals surface area contributed by atoms with E-state index in [1.54, 1.807) is 12.1 Å². The number of nitrogens with zero attached hydrogens (tertiary/aromatic N) is 2. The molecule has 0 aliphatic rings. The van der Waals surface area contributed by atoms with Gasteiger partial charge < -0.3 is 0 Å². The summed E-state index contributed by atoms with van der Waals surface area (Å²) in [7, 11) is -3.15. The summed E-state index contributed by atoms with van der Waals surface area (Å²) < 4.78 is 25.9. The minimum Gasteiger partial charge on any atom is -0.295 e. The Kier molecular flexibility index (Phi) is 3.29. The first kappa shape index (κ1) is 13.6. The summed E-state index contributed by atoms with van der Waals surface area (Å²) in [6.07, 6.45) is 4.98. The molecule has 0 radical (unpaired) electrons. The molecule has 0 saturated heterocycles. The highest BCUT2D eigenvalue weighted by atomic mass is 127. The van der Waals surface area contributed by atoms with Crippen molar-refractivity contribution in [2.24, 2.45) is 0 Å². The summed E-state index contributed by atoms with van der Waals surface area (Å²) in [6.45, 7) is 0. The molecular weight excluding hydrogens is 387 g/mol. The summed E-state index contributed by atoms with van der Waals surface area (Å²) in [5.41, 5.74) is 2.86. The molecule has 3 aromatic rings. The van der Waals surface area contributed by atoms with Gasteiger partial charge in [0.05, 0.1) is 11.1 Å². The van der Waals surface area contributed by atoms with Gasteiger partial charge in [0.15, 0.2) is 9.84 Å². The Bertz CT molecular complexity index is 883. The lowest BCUT2D eigenvalue weighted by Crippen LogP contribution is -1.96. The maximum atomic E-state index is 11.4. The zero-order valence-corrected chi connectivity index (χ0v) is 13.6. The van der Waals surface area contributed by atoms with Crippen LogP contribution in [0.3, 0.4) is 0 Å². The third-order valence-corrected chi connectivity index (χ3v) is 5.01. The molecule has 0 N–H and O–H groups in total. The molecule has 2 aromatic heterocycles. The first-order valence-corrected chi connectivity index (χ1v) is 8.85. The number of benzene rings is 1. The highest BCUT2D eigenvalue weighted by molar-refractivity contribution is 14.1. The van der Waals surface area contributed by atoms with Crippen molar-refractivity contribution >= 4 is 38.1 Å². The normalized spacial score (nSPS) is 11.9. The molecule has 0 unspecified atom stereocenters. The number of halogens is 1. The average Bonchev–Trinajstić information content (AvgIpc) is 2.79. The number of rotatable bonds is 2. The molecule has 0 saturated carbocycles. The van der Waals surface area contributed by atoms with Crippen molar-refractivity contribution in [1.29, 1.82) is 0 Å². The second-order valence-electron chi connectivity index (χ2n) is 4.52. The topological polar surface area (TPSA) is 51.4 Å². The molecule has 0 aliphatic heterocycles. The molecule has 0 amide bonds. The van der Waals surface area contributed by atoms with E-state index in [4.69, 9.17) is 0 Å². The number of fused-ring (bicyclic) bond motifs is 1. The van der Waals surface area contributed by atoms with Crippen LogP contribution in [0.4, 0.5) is 0 Å².